The molecule has 1 saturated heterocycles. The van der Waals surface area contributed by atoms with Crippen molar-refractivity contribution in [3.63, 3.8) is 0 Å². The summed E-state index contributed by atoms with van der Waals surface area (Å²) in [5, 5.41) is 2.59. The number of carbonyl (C=O) groups excluding carboxylic acids is 4. The van der Waals surface area contributed by atoms with Crippen LogP contribution in [0, 0.1) is 5.92 Å². The topological polar surface area (TPSA) is 111 Å². The highest BCUT2D eigenvalue weighted by atomic mass is 16.5. The minimum Gasteiger partial charge on any atom is -0.493 e. The molecule has 2 amide bonds. The predicted octanol–water partition coefficient (Wildman–Crippen LogP) is 4.22. The number of nitrogens with one attached hydrogen (secondary N) is 1. The molecular weight excluding hydrogens is 476 g/mol. The Kier molecular flexibility index (Phi) is 7.83. The van der Waals surface area contributed by atoms with Crippen LogP contribution in [0.4, 0.5) is 11.4 Å². The Bertz CT molecular complexity index is 1320. The fourth-order valence-corrected chi connectivity index (χ4v) is 3.91. The Morgan fingerprint density at radius 2 is 1.70 bits per heavy atom. The van der Waals surface area contributed by atoms with Gasteiger partial charge in [-0.2, -0.15) is 0 Å². The number of benzene rings is 3. The van der Waals surface area contributed by atoms with Gasteiger partial charge in [0.2, 0.25) is 5.91 Å². The van der Waals surface area contributed by atoms with Gasteiger partial charge in [0, 0.05) is 29.9 Å². The maximum atomic E-state index is 12.6. The van der Waals surface area contributed by atoms with E-state index in [4.69, 9.17) is 14.2 Å². The third-order valence-corrected chi connectivity index (χ3v) is 5.80. The number of para-hydroxylation sites is 2. The number of nitrogens with zero attached hydrogens (tertiary/aromatic N) is 1. The summed E-state index contributed by atoms with van der Waals surface area (Å²) in [5.74, 6) is -0.473. The Morgan fingerprint density at radius 3 is 2.41 bits per heavy atom. The summed E-state index contributed by atoms with van der Waals surface area (Å²) < 4.78 is 16.3. The smallest absolute Gasteiger partial charge is 0.311 e. The molecule has 0 saturated carbocycles. The van der Waals surface area contributed by atoms with Gasteiger partial charge in [-0.25, -0.2) is 0 Å². The Labute approximate surface area is 213 Å². The Hall–Kier alpha value is -4.66. The highest BCUT2D eigenvalue weighted by Gasteiger charge is 2.36. The summed E-state index contributed by atoms with van der Waals surface area (Å²) in [6, 6.07) is 20.7. The number of rotatable bonds is 9. The van der Waals surface area contributed by atoms with Crippen molar-refractivity contribution in [1.29, 1.82) is 0 Å². The van der Waals surface area contributed by atoms with Gasteiger partial charge in [0.15, 0.2) is 23.9 Å². The number of methoxy groups -OCH3 is 1. The largest absolute Gasteiger partial charge is 0.493 e. The van der Waals surface area contributed by atoms with Gasteiger partial charge in [-0.15, -0.1) is 0 Å². The van der Waals surface area contributed by atoms with Gasteiger partial charge in [0.1, 0.15) is 5.75 Å². The molecule has 190 valence electrons. The molecule has 1 aliphatic rings. The van der Waals surface area contributed by atoms with E-state index in [1.807, 2.05) is 12.1 Å². The first kappa shape index (κ1) is 25.4. The number of amides is 2. The number of anilines is 2. The van der Waals surface area contributed by atoms with Crippen LogP contribution in [0.1, 0.15) is 23.7 Å². The van der Waals surface area contributed by atoms with Gasteiger partial charge in [-0.1, -0.05) is 24.3 Å². The number of ether oxygens (including phenoxy) is 3. The molecule has 0 radical (unpaired) electrons. The maximum absolute atomic E-state index is 12.6. The van der Waals surface area contributed by atoms with E-state index in [1.54, 1.807) is 67.8 Å². The normalized spacial score (nSPS) is 14.7. The standard InChI is InChI=1S/C28H26N2O7/c1-18(31)19-6-5-7-21(14-19)29-26(32)17-36-28(34)20-15-27(33)30(16-20)22-10-12-23(13-11-22)37-25-9-4-3-8-24(25)35-2/h3-14,20H,15-17H2,1-2H3,(H,29,32)/t20-/m0/s1. The Balaban J connectivity index is 1.30. The third-order valence-electron chi connectivity index (χ3n) is 5.80. The zero-order valence-corrected chi connectivity index (χ0v) is 20.4. The molecule has 0 spiro atoms. The number of ketones is 1. The molecule has 1 atom stereocenters. The molecule has 1 fully saturated rings. The molecule has 0 unspecified atom stereocenters. The van der Waals surface area contributed by atoms with E-state index in [0.29, 0.717) is 34.2 Å². The minimum atomic E-state index is -0.689. The number of hydrogen-bond acceptors (Lipinski definition) is 7. The molecule has 9 nitrogen and oxygen atoms in total. The first-order valence-electron chi connectivity index (χ1n) is 11.6. The van der Waals surface area contributed by atoms with Gasteiger partial charge < -0.3 is 24.4 Å². The molecule has 37 heavy (non-hydrogen) atoms. The van der Waals surface area contributed by atoms with Crippen molar-refractivity contribution in [1.82, 2.24) is 0 Å². The van der Waals surface area contributed by atoms with Crippen molar-refractivity contribution >= 4 is 34.9 Å². The average molecular weight is 503 g/mol. The van der Waals surface area contributed by atoms with Gasteiger partial charge >= 0.3 is 5.97 Å². The molecule has 4 rings (SSSR count). The summed E-state index contributed by atoms with van der Waals surface area (Å²) in [6.07, 6.45) is -0.0133. The van der Waals surface area contributed by atoms with E-state index in [9.17, 15) is 19.2 Å². The second kappa shape index (κ2) is 11.4. The van der Waals surface area contributed by atoms with E-state index in [1.165, 1.54) is 11.8 Å². The highest BCUT2D eigenvalue weighted by Crippen LogP contribution is 2.33. The number of Topliss-reactive ketones (excluding diaryl/α,β-unsaturated/α-hetero) is 1. The van der Waals surface area contributed by atoms with Crippen LogP contribution in [0.15, 0.2) is 72.8 Å². The fraction of sp³-hybridized carbons (Fsp3) is 0.214. The summed E-state index contributed by atoms with van der Waals surface area (Å²) in [7, 11) is 1.56. The van der Waals surface area contributed by atoms with Crippen LogP contribution in [0.3, 0.4) is 0 Å². The third kappa shape index (κ3) is 6.32. The molecule has 1 heterocycles. The van der Waals surface area contributed by atoms with Crippen LogP contribution in [-0.4, -0.2) is 43.8 Å². The van der Waals surface area contributed by atoms with E-state index in [0.717, 1.165) is 0 Å². The van der Waals surface area contributed by atoms with Crippen LogP contribution in [-0.2, 0) is 19.1 Å². The van der Waals surface area contributed by atoms with Crippen LogP contribution < -0.4 is 19.7 Å². The zero-order valence-electron chi connectivity index (χ0n) is 20.4. The van der Waals surface area contributed by atoms with Gasteiger partial charge in [0.05, 0.1) is 13.0 Å². The van der Waals surface area contributed by atoms with E-state index >= 15 is 0 Å². The number of carbonyl (C=O) groups is 4. The SMILES string of the molecule is COc1ccccc1Oc1ccc(N2C[C@@H](C(=O)OCC(=O)Nc3cccc(C(C)=O)c3)CC2=O)cc1. The van der Waals surface area contributed by atoms with E-state index in [-0.39, 0.29) is 24.7 Å². The molecule has 1 aliphatic heterocycles. The van der Waals surface area contributed by atoms with E-state index in [2.05, 4.69) is 5.32 Å². The summed E-state index contributed by atoms with van der Waals surface area (Å²) >= 11 is 0. The molecule has 1 N–H and O–H groups in total. The maximum Gasteiger partial charge on any atom is 0.311 e. The van der Waals surface area contributed by atoms with Gasteiger partial charge in [-0.05, 0) is 55.5 Å². The van der Waals surface area contributed by atoms with Crippen LogP contribution in [0.2, 0.25) is 0 Å². The number of hydrogen-bond donors (Lipinski definition) is 1. The van der Waals surface area contributed by atoms with E-state index < -0.39 is 24.4 Å². The second-order valence-corrected chi connectivity index (χ2v) is 8.45. The molecule has 0 aromatic heterocycles. The minimum absolute atomic E-state index is 0.0133. The zero-order chi connectivity index (χ0) is 26.4. The highest BCUT2D eigenvalue weighted by molar-refractivity contribution is 6.00. The Morgan fingerprint density at radius 1 is 0.973 bits per heavy atom. The van der Waals surface area contributed by atoms with Crippen molar-refractivity contribution in [2.24, 2.45) is 5.92 Å². The average Bonchev–Trinajstić information content (AvgIpc) is 3.29. The molecule has 3 aromatic rings. The summed E-state index contributed by atoms with van der Waals surface area (Å²) in [6.45, 7) is 1.08. The molecular formula is C28H26N2O7. The predicted molar refractivity (Wildman–Crippen MR) is 136 cm³/mol. The van der Waals surface area contributed by atoms with Crippen molar-refractivity contribution < 1.29 is 33.4 Å². The lowest BCUT2D eigenvalue weighted by molar-refractivity contribution is -0.151. The van der Waals surface area contributed by atoms with Crippen LogP contribution >= 0.6 is 0 Å². The lowest BCUT2D eigenvalue weighted by atomic mass is 10.1. The first-order valence-corrected chi connectivity index (χ1v) is 11.6. The fourth-order valence-electron chi connectivity index (χ4n) is 3.91. The van der Waals surface area contributed by atoms with Crippen molar-refractivity contribution in [2.45, 2.75) is 13.3 Å². The summed E-state index contributed by atoms with van der Waals surface area (Å²) in [5.41, 5.74) is 1.50. The number of esters is 1. The van der Waals surface area contributed by atoms with Crippen LogP contribution in [0.25, 0.3) is 0 Å². The van der Waals surface area contributed by atoms with Gasteiger partial charge in [0.25, 0.3) is 5.91 Å². The van der Waals surface area contributed by atoms with Crippen molar-refractivity contribution in [3.05, 3.63) is 78.4 Å². The second-order valence-electron chi connectivity index (χ2n) is 8.45. The quantitative estimate of drug-likeness (QED) is 0.344. The van der Waals surface area contributed by atoms with Crippen LogP contribution in [0.5, 0.6) is 17.2 Å². The molecule has 0 bridgehead atoms. The lowest BCUT2D eigenvalue weighted by Crippen LogP contribution is -2.28. The summed E-state index contributed by atoms with van der Waals surface area (Å²) in [4.78, 5) is 50.3. The molecule has 3 aromatic carbocycles. The molecule has 9 heteroatoms. The van der Waals surface area contributed by atoms with Crippen molar-refractivity contribution in [3.8, 4) is 17.2 Å². The molecule has 0 aliphatic carbocycles. The van der Waals surface area contributed by atoms with Crippen molar-refractivity contribution in [2.75, 3.05) is 30.5 Å². The lowest BCUT2D eigenvalue weighted by Gasteiger charge is -2.17. The first-order chi connectivity index (χ1) is 17.8. The monoisotopic (exact) mass is 502 g/mol. The van der Waals surface area contributed by atoms with Gasteiger partial charge in [-0.3, -0.25) is 19.2 Å².